The lowest BCUT2D eigenvalue weighted by atomic mass is 10.1. The molecule has 0 bridgehead atoms. The molecule has 0 amide bonds. The first-order valence-electron chi connectivity index (χ1n) is 6.46. The lowest BCUT2D eigenvalue weighted by Gasteiger charge is -2.40. The molecule has 130 valence electrons. The smallest absolute Gasteiger partial charge is 0.214 e. The Morgan fingerprint density at radius 3 is 2.27 bits per heavy atom. The minimum Gasteiger partial charge on any atom is -0.394 e. The van der Waals surface area contributed by atoms with Gasteiger partial charge in [0.25, 0.3) is 0 Å². The van der Waals surface area contributed by atoms with E-state index in [-0.39, 0.29) is 11.8 Å². The SMILES string of the molecule is OCC1O[C@@H](O[C@]2(CCl)O[C@H](CCl)C(O)C2O)C(O)O[C@H]1Cl. The van der Waals surface area contributed by atoms with Crippen molar-refractivity contribution in [3.05, 3.63) is 0 Å². The quantitative estimate of drug-likeness (QED) is 0.443. The fourth-order valence-corrected chi connectivity index (χ4v) is 2.99. The highest BCUT2D eigenvalue weighted by atomic mass is 35.5. The number of hydrogen-bond donors (Lipinski definition) is 4. The molecule has 0 saturated carbocycles. The van der Waals surface area contributed by atoms with Gasteiger partial charge in [-0.1, -0.05) is 11.6 Å². The van der Waals surface area contributed by atoms with E-state index in [2.05, 4.69) is 0 Å². The summed E-state index contributed by atoms with van der Waals surface area (Å²) >= 11 is 17.2. The molecule has 2 aliphatic heterocycles. The lowest BCUT2D eigenvalue weighted by Crippen LogP contribution is -2.56. The highest BCUT2D eigenvalue weighted by Gasteiger charge is 2.57. The molecule has 2 rings (SSSR count). The van der Waals surface area contributed by atoms with E-state index >= 15 is 0 Å². The van der Waals surface area contributed by atoms with Crippen LogP contribution in [0.2, 0.25) is 0 Å². The van der Waals surface area contributed by atoms with Crippen molar-refractivity contribution in [1.82, 2.24) is 0 Å². The Balaban J connectivity index is 2.12. The molecule has 0 aromatic rings. The predicted molar refractivity (Wildman–Crippen MR) is 74.6 cm³/mol. The summed E-state index contributed by atoms with van der Waals surface area (Å²) in [5.74, 6) is -2.33. The Bertz CT molecular complexity index is 377. The number of aliphatic hydroxyl groups excluding tert-OH is 4. The molecule has 2 aliphatic rings. The molecule has 0 spiro atoms. The summed E-state index contributed by atoms with van der Waals surface area (Å²) in [6.45, 7) is -0.481. The normalized spacial score (nSPS) is 49.5. The summed E-state index contributed by atoms with van der Waals surface area (Å²) < 4.78 is 21.0. The Morgan fingerprint density at radius 1 is 1.09 bits per heavy atom. The van der Waals surface area contributed by atoms with Gasteiger partial charge in [-0.2, -0.15) is 0 Å². The monoisotopic (exact) mass is 382 g/mol. The molecule has 8 atom stereocenters. The van der Waals surface area contributed by atoms with Gasteiger partial charge in [-0.05, 0) is 0 Å². The van der Waals surface area contributed by atoms with Crippen molar-refractivity contribution in [3.63, 3.8) is 0 Å². The zero-order valence-electron chi connectivity index (χ0n) is 11.2. The Labute approximate surface area is 141 Å². The molecule has 0 radical (unpaired) electrons. The van der Waals surface area contributed by atoms with Gasteiger partial charge in [0.2, 0.25) is 18.4 Å². The van der Waals surface area contributed by atoms with Gasteiger partial charge < -0.3 is 39.4 Å². The first-order valence-corrected chi connectivity index (χ1v) is 7.96. The molecule has 2 saturated heterocycles. The Kier molecular flexibility index (Phi) is 6.54. The van der Waals surface area contributed by atoms with Crippen LogP contribution in [-0.2, 0) is 18.9 Å². The first-order chi connectivity index (χ1) is 10.4. The lowest BCUT2D eigenvalue weighted by molar-refractivity contribution is -0.396. The van der Waals surface area contributed by atoms with Crippen molar-refractivity contribution in [1.29, 1.82) is 0 Å². The van der Waals surface area contributed by atoms with Gasteiger partial charge in [0, 0.05) is 0 Å². The minimum atomic E-state index is -1.85. The van der Waals surface area contributed by atoms with Crippen LogP contribution in [0.25, 0.3) is 0 Å². The fourth-order valence-electron chi connectivity index (χ4n) is 2.22. The van der Waals surface area contributed by atoms with E-state index in [1.54, 1.807) is 0 Å². The summed E-state index contributed by atoms with van der Waals surface area (Å²) in [6, 6.07) is 0. The first kappa shape index (κ1) is 18.9. The molecule has 2 heterocycles. The third-order valence-electron chi connectivity index (χ3n) is 3.44. The van der Waals surface area contributed by atoms with Crippen LogP contribution in [0, 0.1) is 0 Å². The van der Waals surface area contributed by atoms with Crippen LogP contribution in [-0.4, -0.2) is 87.1 Å². The topological polar surface area (TPSA) is 118 Å². The summed E-state index contributed by atoms with van der Waals surface area (Å²) in [4.78, 5) is 0. The zero-order chi connectivity index (χ0) is 16.5. The van der Waals surface area contributed by atoms with Crippen LogP contribution in [0.5, 0.6) is 0 Å². The van der Waals surface area contributed by atoms with Crippen molar-refractivity contribution in [2.24, 2.45) is 0 Å². The molecule has 2 fully saturated rings. The van der Waals surface area contributed by atoms with Gasteiger partial charge in [-0.3, -0.25) is 0 Å². The molecular weight excluding hydrogens is 366 g/mol. The van der Waals surface area contributed by atoms with Crippen LogP contribution in [0.15, 0.2) is 0 Å². The molecule has 8 nitrogen and oxygen atoms in total. The van der Waals surface area contributed by atoms with Crippen LogP contribution in [0.3, 0.4) is 0 Å². The van der Waals surface area contributed by atoms with Gasteiger partial charge in [0.05, 0.1) is 18.4 Å². The van der Waals surface area contributed by atoms with E-state index in [0.29, 0.717) is 0 Å². The number of aliphatic hydroxyl groups is 4. The summed E-state index contributed by atoms with van der Waals surface area (Å²) in [6.07, 6.45) is -7.77. The molecule has 0 aliphatic carbocycles. The number of rotatable bonds is 5. The van der Waals surface area contributed by atoms with E-state index in [9.17, 15) is 15.3 Å². The van der Waals surface area contributed by atoms with Gasteiger partial charge in [0.15, 0.2) is 5.56 Å². The van der Waals surface area contributed by atoms with E-state index in [1.807, 2.05) is 0 Å². The number of hydrogen-bond acceptors (Lipinski definition) is 8. The van der Waals surface area contributed by atoms with Crippen LogP contribution < -0.4 is 0 Å². The molecule has 4 N–H and O–H groups in total. The van der Waals surface area contributed by atoms with E-state index < -0.39 is 55.0 Å². The second kappa shape index (κ2) is 7.62. The highest BCUT2D eigenvalue weighted by Crippen LogP contribution is 2.37. The maximum absolute atomic E-state index is 10.1. The third-order valence-corrected chi connectivity index (χ3v) is 4.50. The predicted octanol–water partition coefficient (Wildman–Crippen LogP) is -1.09. The number of halogens is 3. The second-order valence-corrected chi connectivity index (χ2v) is 5.92. The second-order valence-electron chi connectivity index (χ2n) is 4.91. The number of alkyl halides is 3. The standard InChI is InChI=1S/C11H17Cl3O8/c12-1-4-6(16)7(17)11(3-13,21-4)22-10-9(18)20-8(14)5(2-15)19-10/h4-10,15-18H,1-3H2/t4-,5?,6?,7?,8-,9?,10+,11+/m1/s1. The van der Waals surface area contributed by atoms with Gasteiger partial charge in [-0.15, -0.1) is 23.2 Å². The summed E-state index contributed by atoms with van der Waals surface area (Å²) in [7, 11) is 0. The summed E-state index contributed by atoms with van der Waals surface area (Å²) in [5, 5.41) is 38.9. The van der Waals surface area contributed by atoms with Crippen molar-refractivity contribution < 1.29 is 39.4 Å². The molecule has 22 heavy (non-hydrogen) atoms. The fraction of sp³-hybridized carbons (Fsp3) is 1.00. The largest absolute Gasteiger partial charge is 0.394 e. The van der Waals surface area contributed by atoms with Crippen molar-refractivity contribution >= 4 is 34.8 Å². The van der Waals surface area contributed by atoms with Gasteiger partial charge in [-0.25, -0.2) is 0 Å². The highest BCUT2D eigenvalue weighted by molar-refractivity contribution is 6.20. The third kappa shape index (κ3) is 3.47. The van der Waals surface area contributed by atoms with E-state index in [0.717, 1.165) is 0 Å². The molecule has 11 heteroatoms. The van der Waals surface area contributed by atoms with E-state index in [1.165, 1.54) is 0 Å². The summed E-state index contributed by atoms with van der Waals surface area (Å²) in [5.41, 5.74) is -1.08. The van der Waals surface area contributed by atoms with E-state index in [4.69, 9.17) is 58.9 Å². The average Bonchev–Trinajstić information content (AvgIpc) is 2.75. The maximum atomic E-state index is 10.1. The van der Waals surface area contributed by atoms with Crippen LogP contribution in [0.1, 0.15) is 0 Å². The Hall–Kier alpha value is 0.550. The van der Waals surface area contributed by atoms with Crippen molar-refractivity contribution in [2.75, 3.05) is 18.4 Å². The maximum Gasteiger partial charge on any atom is 0.214 e. The molecule has 0 aromatic heterocycles. The average molecular weight is 384 g/mol. The molecule has 4 unspecified atom stereocenters. The number of ether oxygens (including phenoxy) is 4. The molecular formula is C11H17Cl3O8. The Morgan fingerprint density at radius 2 is 1.77 bits per heavy atom. The van der Waals surface area contributed by atoms with Gasteiger partial charge >= 0.3 is 0 Å². The van der Waals surface area contributed by atoms with Crippen molar-refractivity contribution in [3.8, 4) is 0 Å². The van der Waals surface area contributed by atoms with Crippen molar-refractivity contribution in [2.45, 2.75) is 48.3 Å². The van der Waals surface area contributed by atoms with Gasteiger partial charge in [0.1, 0.15) is 24.4 Å². The zero-order valence-corrected chi connectivity index (χ0v) is 13.5. The minimum absolute atomic E-state index is 0.103. The molecule has 0 aromatic carbocycles. The van der Waals surface area contributed by atoms with Crippen LogP contribution in [0.4, 0.5) is 0 Å². The van der Waals surface area contributed by atoms with Crippen LogP contribution >= 0.6 is 34.8 Å².